The third kappa shape index (κ3) is 5.64. The summed E-state index contributed by atoms with van der Waals surface area (Å²) in [6.45, 7) is 2.96. The number of hydrogen-bond donors (Lipinski definition) is 2. The highest BCUT2D eigenvalue weighted by Crippen LogP contribution is 2.26. The number of aryl methyl sites for hydroxylation is 1. The first-order valence-electron chi connectivity index (χ1n) is 8.72. The molecule has 1 aromatic rings. The SMILES string of the molecule is Cc1cc(F)c(C(=O)N(C)CCCCCN)cc1N1CCC(=O)NC1=O.Cl. The lowest BCUT2D eigenvalue weighted by Crippen LogP contribution is -2.49. The van der Waals surface area contributed by atoms with Crippen molar-refractivity contribution in [2.24, 2.45) is 5.73 Å². The van der Waals surface area contributed by atoms with E-state index in [4.69, 9.17) is 5.73 Å². The lowest BCUT2D eigenvalue weighted by Gasteiger charge is -2.28. The van der Waals surface area contributed by atoms with Crippen molar-refractivity contribution >= 4 is 35.9 Å². The minimum Gasteiger partial charge on any atom is -0.342 e. The number of amides is 4. The second-order valence-electron chi connectivity index (χ2n) is 6.45. The summed E-state index contributed by atoms with van der Waals surface area (Å²) in [6.07, 6.45) is 2.73. The number of urea groups is 1. The van der Waals surface area contributed by atoms with Gasteiger partial charge in [0, 0.05) is 32.2 Å². The first-order valence-corrected chi connectivity index (χ1v) is 8.72. The molecule has 0 bridgehead atoms. The molecule has 9 heteroatoms. The Kier molecular flexibility index (Phi) is 8.65. The predicted octanol–water partition coefficient (Wildman–Crippen LogP) is 2.20. The Morgan fingerprint density at radius 3 is 2.63 bits per heavy atom. The Bertz CT molecular complexity index is 714. The van der Waals surface area contributed by atoms with Crippen LogP contribution < -0.4 is 16.0 Å². The molecule has 0 aliphatic carbocycles. The third-order valence-corrected chi connectivity index (χ3v) is 4.41. The average Bonchev–Trinajstić information content (AvgIpc) is 2.59. The molecule has 1 fully saturated rings. The Morgan fingerprint density at radius 2 is 2.00 bits per heavy atom. The highest BCUT2D eigenvalue weighted by Gasteiger charge is 2.27. The zero-order chi connectivity index (χ0) is 19.3. The number of carbonyl (C=O) groups is 3. The van der Waals surface area contributed by atoms with Gasteiger partial charge < -0.3 is 10.6 Å². The van der Waals surface area contributed by atoms with Crippen molar-refractivity contribution in [2.75, 3.05) is 31.6 Å². The summed E-state index contributed by atoms with van der Waals surface area (Å²) in [6, 6.07) is 2.07. The van der Waals surface area contributed by atoms with Gasteiger partial charge in [-0.25, -0.2) is 9.18 Å². The maximum atomic E-state index is 14.4. The fourth-order valence-corrected chi connectivity index (χ4v) is 2.89. The van der Waals surface area contributed by atoms with Crippen LogP contribution in [0.2, 0.25) is 0 Å². The zero-order valence-corrected chi connectivity index (χ0v) is 16.4. The van der Waals surface area contributed by atoms with Crippen molar-refractivity contribution in [3.63, 3.8) is 0 Å². The average molecular weight is 401 g/mol. The summed E-state index contributed by atoms with van der Waals surface area (Å²) in [7, 11) is 1.62. The molecule has 3 N–H and O–H groups in total. The fourth-order valence-electron chi connectivity index (χ4n) is 2.89. The van der Waals surface area contributed by atoms with E-state index in [1.807, 2.05) is 0 Å². The summed E-state index contributed by atoms with van der Waals surface area (Å²) in [5, 5.41) is 2.23. The minimum atomic E-state index is -0.626. The normalized spacial score (nSPS) is 13.9. The molecule has 0 unspecified atom stereocenters. The van der Waals surface area contributed by atoms with Gasteiger partial charge in [0.05, 0.1) is 5.56 Å². The van der Waals surface area contributed by atoms with Crippen LogP contribution in [0.5, 0.6) is 0 Å². The van der Waals surface area contributed by atoms with Gasteiger partial charge in [0.2, 0.25) is 5.91 Å². The fraction of sp³-hybridized carbons (Fsp3) is 0.500. The number of halogens is 2. The number of carbonyl (C=O) groups excluding carboxylic acids is 3. The van der Waals surface area contributed by atoms with Gasteiger partial charge in [0.25, 0.3) is 5.91 Å². The third-order valence-electron chi connectivity index (χ3n) is 4.41. The molecule has 4 amide bonds. The first kappa shape index (κ1) is 22.9. The van der Waals surface area contributed by atoms with E-state index >= 15 is 0 Å². The topological polar surface area (TPSA) is 95.7 Å². The zero-order valence-electron chi connectivity index (χ0n) is 15.6. The molecule has 0 aromatic heterocycles. The highest BCUT2D eigenvalue weighted by molar-refractivity contribution is 6.06. The second-order valence-corrected chi connectivity index (χ2v) is 6.45. The number of nitrogens with zero attached hydrogens (tertiary/aromatic N) is 2. The molecule has 1 aromatic carbocycles. The predicted molar refractivity (Wildman–Crippen MR) is 104 cm³/mol. The molecule has 150 valence electrons. The summed E-state index contributed by atoms with van der Waals surface area (Å²) < 4.78 is 14.4. The second kappa shape index (κ2) is 10.2. The molecule has 1 heterocycles. The first-order chi connectivity index (χ1) is 12.3. The van der Waals surface area contributed by atoms with Crippen LogP contribution in [0.1, 0.15) is 41.6 Å². The molecular weight excluding hydrogens is 375 g/mol. The van der Waals surface area contributed by atoms with Gasteiger partial charge in [0.1, 0.15) is 5.82 Å². The summed E-state index contributed by atoms with van der Waals surface area (Å²) in [5.41, 5.74) is 6.31. The number of anilines is 1. The standard InChI is InChI=1S/C18H25FN4O3.ClH/c1-12-10-14(19)13(17(25)22(2)8-5-3-4-7-20)11-15(12)23-9-6-16(24)21-18(23)26;/h10-11H,3-9,20H2,1-2H3,(H,21,24,26);1H. The van der Waals surface area contributed by atoms with Gasteiger partial charge in [-0.3, -0.25) is 19.8 Å². The van der Waals surface area contributed by atoms with Crippen molar-refractivity contribution in [3.8, 4) is 0 Å². The van der Waals surface area contributed by atoms with Crippen LogP contribution in [0.4, 0.5) is 14.9 Å². The maximum absolute atomic E-state index is 14.4. The Hall–Kier alpha value is -2.19. The number of unbranched alkanes of at least 4 members (excludes halogenated alkanes) is 2. The van der Waals surface area contributed by atoms with E-state index in [-0.39, 0.29) is 36.8 Å². The number of imide groups is 1. The monoisotopic (exact) mass is 400 g/mol. The van der Waals surface area contributed by atoms with Crippen LogP contribution in [0.15, 0.2) is 12.1 Å². The van der Waals surface area contributed by atoms with Crippen LogP contribution in [-0.2, 0) is 4.79 Å². The highest BCUT2D eigenvalue weighted by atomic mass is 35.5. The Morgan fingerprint density at radius 1 is 1.30 bits per heavy atom. The molecule has 0 spiro atoms. The molecule has 0 saturated carbocycles. The van der Waals surface area contributed by atoms with Gasteiger partial charge in [-0.2, -0.15) is 0 Å². The van der Waals surface area contributed by atoms with E-state index in [0.29, 0.717) is 24.3 Å². The van der Waals surface area contributed by atoms with Gasteiger partial charge >= 0.3 is 6.03 Å². The van der Waals surface area contributed by atoms with E-state index in [1.165, 1.54) is 21.9 Å². The number of nitrogens with one attached hydrogen (secondary N) is 1. The van der Waals surface area contributed by atoms with Gasteiger partial charge in [-0.1, -0.05) is 6.42 Å². The van der Waals surface area contributed by atoms with Crippen LogP contribution in [0, 0.1) is 12.7 Å². The maximum Gasteiger partial charge on any atom is 0.328 e. The molecule has 1 aliphatic heterocycles. The van der Waals surface area contributed by atoms with Crippen LogP contribution in [-0.4, -0.2) is 49.4 Å². The van der Waals surface area contributed by atoms with E-state index in [0.717, 1.165) is 19.3 Å². The Labute approximate surface area is 164 Å². The summed E-state index contributed by atoms with van der Waals surface area (Å²) in [5.74, 6) is -1.41. The van der Waals surface area contributed by atoms with Crippen LogP contribution >= 0.6 is 12.4 Å². The number of rotatable bonds is 7. The van der Waals surface area contributed by atoms with E-state index in [1.54, 1.807) is 14.0 Å². The van der Waals surface area contributed by atoms with E-state index in [2.05, 4.69) is 5.32 Å². The van der Waals surface area contributed by atoms with Gasteiger partial charge in [-0.15, -0.1) is 12.4 Å². The molecule has 0 radical (unpaired) electrons. The number of benzene rings is 1. The van der Waals surface area contributed by atoms with E-state index < -0.39 is 17.8 Å². The quantitative estimate of drug-likeness (QED) is 0.686. The van der Waals surface area contributed by atoms with E-state index in [9.17, 15) is 18.8 Å². The molecule has 1 saturated heterocycles. The molecule has 1 aliphatic rings. The largest absolute Gasteiger partial charge is 0.342 e. The van der Waals surface area contributed by atoms with Gasteiger partial charge in [-0.05, 0) is 44.0 Å². The molecule has 27 heavy (non-hydrogen) atoms. The summed E-state index contributed by atoms with van der Waals surface area (Å²) >= 11 is 0. The van der Waals surface area contributed by atoms with Crippen molar-refractivity contribution < 1.29 is 18.8 Å². The van der Waals surface area contributed by atoms with Crippen molar-refractivity contribution in [1.29, 1.82) is 0 Å². The molecule has 7 nitrogen and oxygen atoms in total. The molecule has 2 rings (SSSR count). The lowest BCUT2D eigenvalue weighted by atomic mass is 10.1. The van der Waals surface area contributed by atoms with Gasteiger partial charge in [0.15, 0.2) is 0 Å². The molecular formula is C18H26ClFN4O3. The van der Waals surface area contributed by atoms with Crippen molar-refractivity contribution in [1.82, 2.24) is 10.2 Å². The Balaban J connectivity index is 0.00000364. The smallest absolute Gasteiger partial charge is 0.328 e. The minimum absolute atomic E-state index is 0. The number of hydrogen-bond acceptors (Lipinski definition) is 4. The molecule has 0 atom stereocenters. The lowest BCUT2D eigenvalue weighted by molar-refractivity contribution is -0.120. The van der Waals surface area contributed by atoms with Crippen LogP contribution in [0.3, 0.4) is 0 Å². The summed E-state index contributed by atoms with van der Waals surface area (Å²) in [4.78, 5) is 38.8. The van der Waals surface area contributed by atoms with Crippen molar-refractivity contribution in [3.05, 3.63) is 29.1 Å². The van der Waals surface area contributed by atoms with Crippen molar-refractivity contribution in [2.45, 2.75) is 32.6 Å². The number of nitrogens with two attached hydrogens (primary N) is 1. The van der Waals surface area contributed by atoms with Crippen LogP contribution in [0.25, 0.3) is 0 Å².